The Kier molecular flexibility index (Phi) is 4.17. The molecule has 1 N–H and O–H groups in total. The standard InChI is InChI=1S/C16H20ClN3O/c1-11-13(17)7-5-8-15(11)20-16-12(6-3-4-9-18-16)14(19-20)10-21-2/h5,7-8,18H,3-4,6,9-10H2,1-2H3. The van der Waals surface area contributed by atoms with Gasteiger partial charge in [0, 0.05) is 24.2 Å². The Morgan fingerprint density at radius 2 is 2.24 bits per heavy atom. The molecule has 0 bridgehead atoms. The zero-order valence-electron chi connectivity index (χ0n) is 12.4. The second-order valence-electron chi connectivity index (χ2n) is 5.39. The van der Waals surface area contributed by atoms with Crippen LogP contribution in [0.2, 0.25) is 5.02 Å². The van der Waals surface area contributed by atoms with Crippen molar-refractivity contribution in [1.82, 2.24) is 9.78 Å². The number of anilines is 1. The van der Waals surface area contributed by atoms with E-state index in [1.54, 1.807) is 7.11 Å². The molecule has 3 rings (SSSR count). The van der Waals surface area contributed by atoms with Crippen LogP contribution in [0.15, 0.2) is 18.2 Å². The van der Waals surface area contributed by atoms with Gasteiger partial charge in [-0.2, -0.15) is 5.10 Å². The predicted octanol–water partition coefficient (Wildman–Crippen LogP) is 3.73. The molecule has 112 valence electrons. The van der Waals surface area contributed by atoms with E-state index in [0.29, 0.717) is 6.61 Å². The summed E-state index contributed by atoms with van der Waals surface area (Å²) in [5.41, 5.74) is 4.35. The second-order valence-corrected chi connectivity index (χ2v) is 5.79. The zero-order chi connectivity index (χ0) is 14.8. The number of hydrogen-bond donors (Lipinski definition) is 1. The van der Waals surface area contributed by atoms with Gasteiger partial charge in [0.05, 0.1) is 18.0 Å². The Labute approximate surface area is 130 Å². The fourth-order valence-corrected chi connectivity index (χ4v) is 3.00. The van der Waals surface area contributed by atoms with Crippen molar-refractivity contribution in [1.29, 1.82) is 0 Å². The molecule has 0 radical (unpaired) electrons. The van der Waals surface area contributed by atoms with Gasteiger partial charge in [0.2, 0.25) is 0 Å². The summed E-state index contributed by atoms with van der Waals surface area (Å²) in [7, 11) is 1.71. The molecule has 21 heavy (non-hydrogen) atoms. The molecule has 0 saturated carbocycles. The van der Waals surface area contributed by atoms with Gasteiger partial charge in [-0.1, -0.05) is 17.7 Å². The normalized spacial score (nSPS) is 14.4. The van der Waals surface area contributed by atoms with Crippen molar-refractivity contribution in [2.24, 2.45) is 0 Å². The number of methoxy groups -OCH3 is 1. The quantitative estimate of drug-likeness (QED) is 0.939. The third-order valence-electron chi connectivity index (χ3n) is 3.96. The first kappa shape index (κ1) is 14.4. The van der Waals surface area contributed by atoms with Gasteiger partial charge in [0.15, 0.2) is 0 Å². The summed E-state index contributed by atoms with van der Waals surface area (Å²) in [5, 5.41) is 9.05. The SMILES string of the molecule is COCc1nn(-c2cccc(Cl)c2C)c2c1CCCCN2. The fourth-order valence-electron chi connectivity index (χ4n) is 2.83. The van der Waals surface area contributed by atoms with E-state index in [1.165, 1.54) is 18.4 Å². The minimum Gasteiger partial charge on any atom is -0.378 e. The van der Waals surface area contributed by atoms with Crippen LogP contribution in [0.25, 0.3) is 5.69 Å². The van der Waals surface area contributed by atoms with E-state index in [-0.39, 0.29) is 0 Å². The third-order valence-corrected chi connectivity index (χ3v) is 4.37. The van der Waals surface area contributed by atoms with Gasteiger partial charge in [0.1, 0.15) is 5.82 Å². The Morgan fingerprint density at radius 1 is 1.38 bits per heavy atom. The maximum atomic E-state index is 6.26. The molecule has 4 nitrogen and oxygen atoms in total. The van der Waals surface area contributed by atoms with Crippen molar-refractivity contribution >= 4 is 17.4 Å². The van der Waals surface area contributed by atoms with Gasteiger partial charge in [-0.3, -0.25) is 0 Å². The molecular weight excluding hydrogens is 286 g/mol. The van der Waals surface area contributed by atoms with Crippen LogP contribution in [0, 0.1) is 6.92 Å². The van der Waals surface area contributed by atoms with Crippen molar-refractivity contribution in [3.63, 3.8) is 0 Å². The summed E-state index contributed by atoms with van der Waals surface area (Å²) in [6.07, 6.45) is 3.40. The van der Waals surface area contributed by atoms with Crippen LogP contribution in [0.4, 0.5) is 5.82 Å². The number of halogens is 1. The van der Waals surface area contributed by atoms with Gasteiger partial charge in [-0.05, 0) is 43.9 Å². The number of ether oxygens (including phenoxy) is 1. The molecule has 0 amide bonds. The highest BCUT2D eigenvalue weighted by Crippen LogP contribution is 2.31. The topological polar surface area (TPSA) is 39.1 Å². The van der Waals surface area contributed by atoms with Crippen molar-refractivity contribution in [3.05, 3.63) is 40.0 Å². The summed E-state index contributed by atoms with van der Waals surface area (Å²) in [6, 6.07) is 5.93. The molecule has 0 spiro atoms. The molecule has 1 aromatic carbocycles. The molecular formula is C16H20ClN3O. The number of fused-ring (bicyclic) bond motifs is 1. The van der Waals surface area contributed by atoms with Crippen molar-refractivity contribution in [3.8, 4) is 5.69 Å². The lowest BCUT2D eigenvalue weighted by atomic mass is 10.1. The molecule has 2 heterocycles. The fraction of sp³-hybridized carbons (Fsp3) is 0.438. The van der Waals surface area contributed by atoms with E-state index in [1.807, 2.05) is 23.7 Å². The van der Waals surface area contributed by atoms with Crippen LogP contribution in [0.1, 0.15) is 29.7 Å². The van der Waals surface area contributed by atoms with Crippen LogP contribution in [-0.4, -0.2) is 23.4 Å². The van der Waals surface area contributed by atoms with E-state index in [2.05, 4.69) is 11.4 Å². The molecule has 0 aliphatic carbocycles. The van der Waals surface area contributed by atoms with Gasteiger partial charge >= 0.3 is 0 Å². The summed E-state index contributed by atoms with van der Waals surface area (Å²) < 4.78 is 7.29. The second kappa shape index (κ2) is 6.08. The summed E-state index contributed by atoms with van der Waals surface area (Å²) in [4.78, 5) is 0. The van der Waals surface area contributed by atoms with Crippen LogP contribution < -0.4 is 5.32 Å². The van der Waals surface area contributed by atoms with Crippen molar-refractivity contribution in [2.45, 2.75) is 32.8 Å². The first-order chi connectivity index (χ1) is 10.2. The molecule has 5 heteroatoms. The smallest absolute Gasteiger partial charge is 0.133 e. The maximum Gasteiger partial charge on any atom is 0.133 e. The molecule has 0 saturated heterocycles. The third kappa shape index (κ3) is 2.65. The molecule has 1 aliphatic rings. The summed E-state index contributed by atoms with van der Waals surface area (Å²) >= 11 is 6.26. The van der Waals surface area contributed by atoms with Gasteiger partial charge in [-0.15, -0.1) is 0 Å². The maximum absolute atomic E-state index is 6.26. The van der Waals surface area contributed by atoms with Crippen LogP contribution >= 0.6 is 11.6 Å². The Hall–Kier alpha value is -1.52. The first-order valence-corrected chi connectivity index (χ1v) is 7.69. The Morgan fingerprint density at radius 3 is 3.05 bits per heavy atom. The van der Waals surface area contributed by atoms with Gasteiger partial charge in [-0.25, -0.2) is 4.68 Å². The first-order valence-electron chi connectivity index (χ1n) is 7.31. The van der Waals surface area contributed by atoms with Gasteiger partial charge in [0.25, 0.3) is 0 Å². The lowest BCUT2D eigenvalue weighted by molar-refractivity contribution is 0.180. The number of aromatic nitrogens is 2. The minimum atomic E-state index is 0.538. The molecule has 0 atom stereocenters. The summed E-state index contributed by atoms with van der Waals surface area (Å²) in [6.45, 7) is 3.54. The van der Waals surface area contributed by atoms with Gasteiger partial charge < -0.3 is 10.1 Å². The average molecular weight is 306 g/mol. The van der Waals surface area contributed by atoms with Crippen molar-refractivity contribution < 1.29 is 4.74 Å². The lowest BCUT2D eigenvalue weighted by Gasteiger charge is -2.12. The highest BCUT2D eigenvalue weighted by atomic mass is 35.5. The number of benzene rings is 1. The Balaban J connectivity index is 2.16. The predicted molar refractivity (Wildman–Crippen MR) is 85.5 cm³/mol. The number of hydrogen-bond acceptors (Lipinski definition) is 3. The zero-order valence-corrected chi connectivity index (χ0v) is 13.2. The average Bonchev–Trinajstić information content (AvgIpc) is 2.66. The Bertz CT molecular complexity index is 651. The molecule has 2 aromatic rings. The van der Waals surface area contributed by atoms with E-state index in [0.717, 1.165) is 40.8 Å². The minimum absolute atomic E-state index is 0.538. The van der Waals surface area contributed by atoms with E-state index in [4.69, 9.17) is 21.4 Å². The molecule has 1 aliphatic heterocycles. The monoisotopic (exact) mass is 305 g/mol. The van der Waals surface area contributed by atoms with E-state index in [9.17, 15) is 0 Å². The van der Waals surface area contributed by atoms with Crippen LogP contribution in [0.5, 0.6) is 0 Å². The largest absolute Gasteiger partial charge is 0.378 e. The number of nitrogens with zero attached hydrogens (tertiary/aromatic N) is 2. The number of rotatable bonds is 3. The lowest BCUT2D eigenvalue weighted by Crippen LogP contribution is -2.08. The van der Waals surface area contributed by atoms with Crippen molar-refractivity contribution in [2.75, 3.05) is 19.0 Å². The van der Waals surface area contributed by atoms with E-state index < -0.39 is 0 Å². The van der Waals surface area contributed by atoms with E-state index >= 15 is 0 Å². The highest BCUT2D eigenvalue weighted by Gasteiger charge is 2.21. The molecule has 0 unspecified atom stereocenters. The molecule has 1 aromatic heterocycles. The number of nitrogens with one attached hydrogen (secondary N) is 1. The summed E-state index contributed by atoms with van der Waals surface area (Å²) in [5.74, 6) is 1.09. The van der Waals surface area contributed by atoms with Crippen LogP contribution in [-0.2, 0) is 17.8 Å². The van der Waals surface area contributed by atoms with Crippen LogP contribution in [0.3, 0.4) is 0 Å². The highest BCUT2D eigenvalue weighted by molar-refractivity contribution is 6.31. The molecule has 0 fully saturated rings.